The maximum atomic E-state index is 12.7. The number of hydrogen-bond donors (Lipinski definition) is 0. The Hall–Kier alpha value is -3.70. The number of rotatable bonds is 10. The number of alkyl halides is 15. The summed E-state index contributed by atoms with van der Waals surface area (Å²) in [6, 6.07) is 0. The van der Waals surface area contributed by atoms with E-state index < -0.39 is 98.7 Å². The molecule has 238 valence electrons. The summed E-state index contributed by atoms with van der Waals surface area (Å²) in [6.07, 6.45) is -43.3. The third-order valence-corrected chi connectivity index (χ3v) is 3.66. The largest absolute Gasteiger partial charge is 0.490 e. The Morgan fingerprint density at radius 1 is 0.439 bits per heavy atom. The molecular formula is C16H9F15O10. The van der Waals surface area contributed by atoms with E-state index >= 15 is 0 Å². The summed E-state index contributed by atoms with van der Waals surface area (Å²) in [7, 11) is 0. The number of ether oxygens (including phenoxy) is 5. The van der Waals surface area contributed by atoms with Crippen LogP contribution >= 0.6 is 0 Å². The Labute approximate surface area is 213 Å². The average molecular weight is 646 g/mol. The van der Waals surface area contributed by atoms with E-state index in [2.05, 4.69) is 23.7 Å². The summed E-state index contributed by atoms with van der Waals surface area (Å²) in [5, 5.41) is 0. The summed E-state index contributed by atoms with van der Waals surface area (Å²) >= 11 is 0. The van der Waals surface area contributed by atoms with E-state index in [4.69, 9.17) is 0 Å². The molecule has 0 saturated carbocycles. The molecule has 3 atom stereocenters. The Morgan fingerprint density at radius 3 is 1.12 bits per heavy atom. The van der Waals surface area contributed by atoms with E-state index in [9.17, 15) is 89.8 Å². The fourth-order valence-electron chi connectivity index (χ4n) is 2.07. The minimum Gasteiger partial charge on any atom is -0.459 e. The fraction of sp³-hybridized carbons (Fsp3) is 0.688. The van der Waals surface area contributed by atoms with Gasteiger partial charge in [-0.25, -0.2) is 24.0 Å². The van der Waals surface area contributed by atoms with Crippen molar-refractivity contribution in [3.63, 3.8) is 0 Å². The molecule has 0 aromatic rings. The summed E-state index contributed by atoms with van der Waals surface area (Å²) < 4.78 is 205. The monoisotopic (exact) mass is 646 g/mol. The lowest BCUT2D eigenvalue weighted by Crippen LogP contribution is -2.52. The first-order valence-corrected chi connectivity index (χ1v) is 9.39. The van der Waals surface area contributed by atoms with Crippen LogP contribution in [0.15, 0.2) is 0 Å². The lowest BCUT2D eigenvalue weighted by atomic mass is 10.0. The SMILES string of the molecule is O=C(OCCC(OC(=O)C(F)(F)F)C(OC(=O)C(F)(F)F)C(COC(=O)C(F)(F)F)OC(=O)C(F)(F)F)C(F)(F)F. The molecule has 10 nitrogen and oxygen atoms in total. The van der Waals surface area contributed by atoms with Crippen molar-refractivity contribution in [3.8, 4) is 0 Å². The lowest BCUT2D eigenvalue weighted by molar-refractivity contribution is -0.241. The molecule has 25 heteroatoms. The summed E-state index contributed by atoms with van der Waals surface area (Å²) in [5.74, 6) is -17.3. The third kappa shape index (κ3) is 13.0. The molecule has 0 aromatic heterocycles. The van der Waals surface area contributed by atoms with Gasteiger partial charge >= 0.3 is 60.7 Å². The van der Waals surface area contributed by atoms with Crippen molar-refractivity contribution in [1.29, 1.82) is 0 Å². The molecule has 0 aliphatic carbocycles. The number of hydrogen-bond acceptors (Lipinski definition) is 10. The number of carbonyl (C=O) groups excluding carboxylic acids is 5. The van der Waals surface area contributed by atoms with Gasteiger partial charge in [0.2, 0.25) is 0 Å². The van der Waals surface area contributed by atoms with Crippen LogP contribution < -0.4 is 0 Å². The molecule has 0 fully saturated rings. The van der Waals surface area contributed by atoms with Gasteiger partial charge in [-0.15, -0.1) is 0 Å². The van der Waals surface area contributed by atoms with Crippen LogP contribution in [-0.4, -0.2) is 92.3 Å². The van der Waals surface area contributed by atoms with Gasteiger partial charge in [0.05, 0.1) is 6.61 Å². The molecule has 3 unspecified atom stereocenters. The van der Waals surface area contributed by atoms with Crippen LogP contribution in [0.1, 0.15) is 6.42 Å². The van der Waals surface area contributed by atoms with Crippen molar-refractivity contribution in [1.82, 2.24) is 0 Å². The lowest BCUT2D eigenvalue weighted by Gasteiger charge is -2.32. The second kappa shape index (κ2) is 13.3. The van der Waals surface area contributed by atoms with Crippen molar-refractivity contribution in [3.05, 3.63) is 0 Å². The summed E-state index contributed by atoms with van der Waals surface area (Å²) in [6.45, 7) is -4.46. The van der Waals surface area contributed by atoms with Gasteiger partial charge in [-0.1, -0.05) is 0 Å². The van der Waals surface area contributed by atoms with E-state index in [0.29, 0.717) is 0 Å². The summed E-state index contributed by atoms with van der Waals surface area (Å²) in [4.78, 5) is 55.3. The van der Waals surface area contributed by atoms with Gasteiger partial charge < -0.3 is 23.7 Å². The van der Waals surface area contributed by atoms with Crippen LogP contribution in [0, 0.1) is 0 Å². The maximum absolute atomic E-state index is 12.7. The van der Waals surface area contributed by atoms with Gasteiger partial charge in [0.15, 0.2) is 12.2 Å². The van der Waals surface area contributed by atoms with Crippen molar-refractivity contribution in [2.45, 2.75) is 55.6 Å². The molecule has 0 amide bonds. The second-order valence-corrected chi connectivity index (χ2v) is 6.77. The molecular weight excluding hydrogens is 637 g/mol. The van der Waals surface area contributed by atoms with Gasteiger partial charge in [-0.3, -0.25) is 0 Å². The molecule has 0 N–H and O–H groups in total. The quantitative estimate of drug-likeness (QED) is 0.198. The Balaban J connectivity index is 6.77. The minimum atomic E-state index is -6.25. The molecule has 0 saturated heterocycles. The number of esters is 5. The van der Waals surface area contributed by atoms with Gasteiger partial charge in [0.25, 0.3) is 0 Å². The van der Waals surface area contributed by atoms with Crippen molar-refractivity contribution in [2.75, 3.05) is 13.2 Å². The summed E-state index contributed by atoms with van der Waals surface area (Å²) in [5.41, 5.74) is 0. The van der Waals surface area contributed by atoms with Crippen LogP contribution in [-0.2, 0) is 47.7 Å². The molecule has 0 radical (unpaired) electrons. The zero-order chi connectivity index (χ0) is 32.8. The maximum Gasteiger partial charge on any atom is 0.490 e. The van der Waals surface area contributed by atoms with Gasteiger partial charge in [0.1, 0.15) is 12.7 Å². The van der Waals surface area contributed by atoms with Crippen LogP contribution in [0.4, 0.5) is 65.9 Å². The minimum absolute atomic E-state index is 1.95. The normalized spacial score (nSPS) is 15.2. The first-order chi connectivity index (χ1) is 18.1. The van der Waals surface area contributed by atoms with Gasteiger partial charge in [-0.2, -0.15) is 65.9 Å². The van der Waals surface area contributed by atoms with E-state index in [1.165, 1.54) is 0 Å². The van der Waals surface area contributed by atoms with Crippen molar-refractivity contribution >= 4 is 29.8 Å². The molecule has 0 rings (SSSR count). The molecule has 0 aliphatic heterocycles. The topological polar surface area (TPSA) is 132 Å². The molecule has 0 spiro atoms. The van der Waals surface area contributed by atoms with E-state index in [1.807, 2.05) is 0 Å². The van der Waals surface area contributed by atoms with Crippen molar-refractivity contribution < 1.29 is 114 Å². The predicted molar refractivity (Wildman–Crippen MR) is 86.5 cm³/mol. The molecule has 0 aliphatic rings. The Morgan fingerprint density at radius 2 is 0.756 bits per heavy atom. The highest BCUT2D eigenvalue weighted by molar-refractivity contribution is 5.78. The average Bonchev–Trinajstić information content (AvgIpc) is 2.75. The second-order valence-electron chi connectivity index (χ2n) is 6.77. The van der Waals surface area contributed by atoms with Crippen LogP contribution in [0.25, 0.3) is 0 Å². The first-order valence-electron chi connectivity index (χ1n) is 9.39. The highest BCUT2D eigenvalue weighted by Gasteiger charge is 2.52. The zero-order valence-electron chi connectivity index (χ0n) is 18.6. The smallest absolute Gasteiger partial charge is 0.459 e. The number of carbonyl (C=O) groups is 5. The highest BCUT2D eigenvalue weighted by atomic mass is 19.4. The first kappa shape index (κ1) is 37.3. The molecule has 0 bridgehead atoms. The van der Waals surface area contributed by atoms with E-state index in [1.54, 1.807) is 0 Å². The third-order valence-electron chi connectivity index (χ3n) is 3.66. The van der Waals surface area contributed by atoms with Crippen molar-refractivity contribution in [2.24, 2.45) is 0 Å². The van der Waals surface area contributed by atoms with Crippen LogP contribution in [0.5, 0.6) is 0 Å². The van der Waals surface area contributed by atoms with E-state index in [0.717, 1.165) is 0 Å². The number of halogens is 15. The van der Waals surface area contributed by atoms with Crippen LogP contribution in [0.2, 0.25) is 0 Å². The van der Waals surface area contributed by atoms with E-state index in [-0.39, 0.29) is 0 Å². The van der Waals surface area contributed by atoms with Gasteiger partial charge in [0, 0.05) is 6.42 Å². The standard InChI is InChI=1S/C16H9F15O10/c17-12(18,19)7(32)37-2-1-4(39-9(34)14(23,24)25)6(41-11(36)16(29,30)31)5(40-10(35)15(26,27)28)3-38-8(33)13(20,21)22/h4-6H,1-3H2. The van der Waals surface area contributed by atoms with Crippen LogP contribution in [0.3, 0.4) is 0 Å². The molecule has 41 heavy (non-hydrogen) atoms. The molecule has 0 heterocycles. The van der Waals surface area contributed by atoms with Gasteiger partial charge in [-0.05, 0) is 0 Å². The predicted octanol–water partition coefficient (Wildman–Crippen LogP) is 3.01. The Bertz CT molecular complexity index is 961. The fourth-order valence-corrected chi connectivity index (χ4v) is 2.07. The Kier molecular flexibility index (Phi) is 12.1. The zero-order valence-corrected chi connectivity index (χ0v) is 18.6. The highest BCUT2D eigenvalue weighted by Crippen LogP contribution is 2.28. The molecule has 0 aromatic carbocycles.